The number of carbonyl (C=O) groups excluding carboxylic acids is 3. The second-order valence-electron chi connectivity index (χ2n) is 6.12. The lowest BCUT2D eigenvalue weighted by molar-refractivity contribution is -0.141. The lowest BCUT2D eigenvalue weighted by Gasteiger charge is -2.14. The summed E-state index contributed by atoms with van der Waals surface area (Å²) in [5.74, 6) is -3.07. The molecule has 0 bridgehead atoms. The molecule has 0 saturated carbocycles. The quantitative estimate of drug-likeness (QED) is 0.205. The van der Waals surface area contributed by atoms with Crippen LogP contribution in [0.5, 0.6) is 0 Å². The Morgan fingerprint density at radius 2 is 1.55 bits per heavy atom. The maximum Gasteiger partial charge on any atom is 0.326 e. The molecule has 0 radical (unpaired) electrons. The lowest BCUT2D eigenvalue weighted by Crippen LogP contribution is -2.49. The van der Waals surface area contributed by atoms with Gasteiger partial charge in [0.05, 0.1) is 31.8 Å². The lowest BCUT2D eigenvalue weighted by atomic mass is 10.1. The SMILES string of the molecule is N[C@@H](Cc1cnc[nH]1)C(=O)NCC(=O)NCC(=O)N[C@@H](Cc1cnc[nH]1)C(=O)O. The highest BCUT2D eigenvalue weighted by Crippen LogP contribution is 1.99. The van der Waals surface area contributed by atoms with E-state index in [1.54, 1.807) is 0 Å². The summed E-state index contributed by atoms with van der Waals surface area (Å²) in [5, 5.41) is 16.1. The van der Waals surface area contributed by atoms with Crippen molar-refractivity contribution in [3.8, 4) is 0 Å². The summed E-state index contributed by atoms with van der Waals surface area (Å²) in [6, 6.07) is -2.05. The normalized spacial score (nSPS) is 12.6. The summed E-state index contributed by atoms with van der Waals surface area (Å²) in [5.41, 5.74) is 6.95. The van der Waals surface area contributed by atoms with Crippen LogP contribution >= 0.6 is 0 Å². The van der Waals surface area contributed by atoms with Crippen LogP contribution in [0.4, 0.5) is 0 Å². The molecule has 0 aliphatic rings. The topological polar surface area (TPSA) is 208 Å². The van der Waals surface area contributed by atoms with Crippen LogP contribution in [0.25, 0.3) is 0 Å². The number of aliphatic carboxylic acids is 1. The number of rotatable bonds is 11. The van der Waals surface area contributed by atoms with Crippen molar-refractivity contribution in [3.05, 3.63) is 36.4 Å². The highest BCUT2D eigenvalue weighted by atomic mass is 16.4. The number of carboxylic acid groups (broad SMARTS) is 1. The van der Waals surface area contributed by atoms with Crippen molar-refractivity contribution in [3.63, 3.8) is 0 Å². The first-order valence-electron chi connectivity index (χ1n) is 8.61. The zero-order valence-electron chi connectivity index (χ0n) is 15.3. The summed E-state index contributed by atoms with van der Waals surface area (Å²) in [4.78, 5) is 59.9. The van der Waals surface area contributed by atoms with E-state index < -0.39 is 42.3 Å². The molecule has 0 saturated heterocycles. The van der Waals surface area contributed by atoms with Crippen LogP contribution in [0.1, 0.15) is 11.4 Å². The van der Waals surface area contributed by atoms with Crippen molar-refractivity contribution in [1.29, 1.82) is 0 Å². The van der Waals surface area contributed by atoms with Crippen molar-refractivity contribution in [1.82, 2.24) is 35.9 Å². The summed E-state index contributed by atoms with van der Waals surface area (Å²) >= 11 is 0. The van der Waals surface area contributed by atoms with Crippen molar-refractivity contribution < 1.29 is 24.3 Å². The molecule has 0 aromatic carbocycles. The molecule has 13 nitrogen and oxygen atoms in total. The number of hydrogen-bond donors (Lipinski definition) is 7. The first-order chi connectivity index (χ1) is 13.8. The minimum absolute atomic E-state index is 0.0132. The maximum atomic E-state index is 11.9. The Bertz CT molecular complexity index is 820. The number of carboxylic acids is 1. The number of amides is 3. The van der Waals surface area contributed by atoms with E-state index in [0.717, 1.165) is 0 Å². The van der Waals surface area contributed by atoms with E-state index in [0.29, 0.717) is 11.4 Å². The number of hydrogen-bond acceptors (Lipinski definition) is 7. The molecular weight excluding hydrogens is 384 g/mol. The third-order valence-electron chi connectivity index (χ3n) is 3.81. The molecule has 2 atom stereocenters. The van der Waals surface area contributed by atoms with E-state index in [1.165, 1.54) is 25.0 Å². The molecule has 3 amide bonds. The Hall–Kier alpha value is -3.74. The molecule has 2 aromatic heterocycles. The Morgan fingerprint density at radius 1 is 0.966 bits per heavy atom. The molecule has 29 heavy (non-hydrogen) atoms. The minimum Gasteiger partial charge on any atom is -0.480 e. The van der Waals surface area contributed by atoms with Crippen LogP contribution in [-0.4, -0.2) is 73.9 Å². The Kier molecular flexibility index (Phi) is 7.85. The van der Waals surface area contributed by atoms with E-state index >= 15 is 0 Å². The standard InChI is InChI=1S/C16H22N8O5/c17-11(1-9-3-18-7-22-9)15(27)21-5-13(25)20-6-14(26)24-12(16(28)29)2-10-4-19-8-23-10/h3-4,7-8,11-12H,1-2,5-6,17H2,(H,18,22)(H,19,23)(H,20,25)(H,21,27)(H,24,26)(H,28,29)/t11-,12-/m0/s1. The second-order valence-corrected chi connectivity index (χ2v) is 6.12. The molecule has 2 aromatic rings. The van der Waals surface area contributed by atoms with Crippen LogP contribution in [0, 0.1) is 0 Å². The van der Waals surface area contributed by atoms with Gasteiger partial charge in [0, 0.05) is 36.6 Å². The molecule has 8 N–H and O–H groups in total. The molecule has 2 rings (SSSR count). The Labute approximate surface area is 164 Å². The molecule has 156 valence electrons. The van der Waals surface area contributed by atoms with E-state index in [1.807, 2.05) is 0 Å². The van der Waals surface area contributed by atoms with Gasteiger partial charge in [-0.2, -0.15) is 0 Å². The van der Waals surface area contributed by atoms with Crippen molar-refractivity contribution >= 4 is 23.7 Å². The van der Waals surface area contributed by atoms with E-state index in [9.17, 15) is 24.3 Å². The summed E-state index contributed by atoms with van der Waals surface area (Å²) < 4.78 is 0. The average Bonchev–Trinajstić information content (AvgIpc) is 3.37. The fraction of sp³-hybridized carbons (Fsp3) is 0.375. The number of aromatic nitrogens is 4. The van der Waals surface area contributed by atoms with Gasteiger partial charge in [0.1, 0.15) is 6.04 Å². The number of aromatic amines is 2. The van der Waals surface area contributed by atoms with Crippen LogP contribution in [0.2, 0.25) is 0 Å². The van der Waals surface area contributed by atoms with Crippen molar-refractivity contribution in [2.75, 3.05) is 13.1 Å². The van der Waals surface area contributed by atoms with Gasteiger partial charge in [-0.05, 0) is 0 Å². The molecule has 13 heteroatoms. The fourth-order valence-corrected chi connectivity index (χ4v) is 2.33. The van der Waals surface area contributed by atoms with E-state index in [-0.39, 0.29) is 19.4 Å². The molecular formula is C16H22N8O5. The number of nitrogens with two attached hydrogens (primary N) is 1. The van der Waals surface area contributed by atoms with Gasteiger partial charge in [0.15, 0.2) is 0 Å². The van der Waals surface area contributed by atoms with E-state index in [4.69, 9.17) is 5.73 Å². The molecule has 0 unspecified atom stereocenters. The smallest absolute Gasteiger partial charge is 0.326 e. The van der Waals surface area contributed by atoms with Crippen LogP contribution in [0.3, 0.4) is 0 Å². The predicted octanol–water partition coefficient (Wildman–Crippen LogP) is -2.95. The van der Waals surface area contributed by atoms with Crippen LogP contribution < -0.4 is 21.7 Å². The molecule has 2 heterocycles. The number of carbonyl (C=O) groups is 4. The van der Waals surface area contributed by atoms with Gasteiger partial charge in [0.2, 0.25) is 17.7 Å². The molecule has 0 fully saturated rings. The van der Waals surface area contributed by atoms with Crippen molar-refractivity contribution in [2.45, 2.75) is 24.9 Å². The van der Waals surface area contributed by atoms with Crippen molar-refractivity contribution in [2.24, 2.45) is 5.73 Å². The Balaban J connectivity index is 1.68. The highest BCUT2D eigenvalue weighted by Gasteiger charge is 2.21. The van der Waals surface area contributed by atoms with Gasteiger partial charge in [-0.1, -0.05) is 0 Å². The summed E-state index contributed by atoms with van der Waals surface area (Å²) in [7, 11) is 0. The van der Waals surface area contributed by atoms with Gasteiger partial charge < -0.3 is 36.8 Å². The minimum atomic E-state index is -1.22. The van der Waals surface area contributed by atoms with Gasteiger partial charge in [-0.25, -0.2) is 14.8 Å². The first kappa shape index (κ1) is 21.6. The largest absolute Gasteiger partial charge is 0.480 e. The third-order valence-corrected chi connectivity index (χ3v) is 3.81. The van der Waals surface area contributed by atoms with Gasteiger partial charge in [-0.3, -0.25) is 14.4 Å². The average molecular weight is 406 g/mol. The number of H-pyrrole nitrogens is 2. The van der Waals surface area contributed by atoms with Gasteiger partial charge in [-0.15, -0.1) is 0 Å². The monoisotopic (exact) mass is 406 g/mol. The van der Waals surface area contributed by atoms with Gasteiger partial charge >= 0.3 is 5.97 Å². The molecule has 0 spiro atoms. The fourth-order valence-electron chi connectivity index (χ4n) is 2.33. The second kappa shape index (κ2) is 10.6. The van der Waals surface area contributed by atoms with Crippen LogP contribution in [0.15, 0.2) is 25.0 Å². The third kappa shape index (κ3) is 7.42. The van der Waals surface area contributed by atoms with Gasteiger partial charge in [0.25, 0.3) is 0 Å². The van der Waals surface area contributed by atoms with Crippen LogP contribution in [-0.2, 0) is 32.0 Å². The highest BCUT2D eigenvalue weighted by molar-refractivity contribution is 5.90. The predicted molar refractivity (Wildman–Crippen MR) is 98.1 cm³/mol. The number of imidazole rings is 2. The zero-order chi connectivity index (χ0) is 21.2. The van der Waals surface area contributed by atoms with E-state index in [2.05, 4.69) is 35.9 Å². The number of nitrogens with zero attached hydrogens (tertiary/aromatic N) is 2. The maximum absolute atomic E-state index is 11.9. The summed E-state index contributed by atoms with van der Waals surface area (Å²) in [6.45, 7) is -0.819. The Morgan fingerprint density at radius 3 is 2.10 bits per heavy atom. The zero-order valence-corrected chi connectivity index (χ0v) is 15.3. The number of nitrogens with one attached hydrogen (secondary N) is 5. The molecule has 0 aliphatic heterocycles. The molecule has 0 aliphatic carbocycles. The first-order valence-corrected chi connectivity index (χ1v) is 8.61. The summed E-state index contributed by atoms with van der Waals surface area (Å²) in [6.07, 6.45) is 6.08.